The zero-order chi connectivity index (χ0) is 12.3. The predicted molar refractivity (Wildman–Crippen MR) is 75.8 cm³/mol. The number of nitrogens with one attached hydrogen (secondary N) is 1. The van der Waals surface area contributed by atoms with E-state index in [0.717, 1.165) is 6.54 Å². The molecule has 3 atom stereocenters. The molecule has 0 radical (unpaired) electrons. The summed E-state index contributed by atoms with van der Waals surface area (Å²) in [5.74, 6) is 1.41. The summed E-state index contributed by atoms with van der Waals surface area (Å²) in [6, 6.07) is 7.36. The first-order chi connectivity index (χ1) is 8.74. The lowest BCUT2D eigenvalue weighted by molar-refractivity contribution is 0.299. The van der Waals surface area contributed by atoms with Crippen LogP contribution in [0.15, 0.2) is 23.8 Å². The Morgan fingerprint density at radius 1 is 1.33 bits per heavy atom. The number of nitrogens with zero attached hydrogens (tertiary/aromatic N) is 1. The molecule has 2 nitrogen and oxygen atoms in total. The second-order valence-corrected chi connectivity index (χ2v) is 6.12. The van der Waals surface area contributed by atoms with Gasteiger partial charge in [-0.15, -0.1) is 0 Å². The molecule has 1 N–H and O–H groups in total. The summed E-state index contributed by atoms with van der Waals surface area (Å²) < 4.78 is 0. The quantitative estimate of drug-likeness (QED) is 0.750. The molecule has 0 unspecified atom stereocenters. The van der Waals surface area contributed by atoms with E-state index in [4.69, 9.17) is 0 Å². The van der Waals surface area contributed by atoms with Gasteiger partial charge in [0.2, 0.25) is 0 Å². The molecule has 0 amide bonds. The van der Waals surface area contributed by atoms with Gasteiger partial charge in [0, 0.05) is 30.7 Å². The van der Waals surface area contributed by atoms with Gasteiger partial charge in [0.1, 0.15) is 0 Å². The molecule has 1 aromatic carbocycles. The second-order valence-electron chi connectivity index (χ2n) is 6.12. The number of hydrogen-bond donors (Lipinski definition) is 1. The maximum Gasteiger partial charge on any atom is 0.0382 e. The average Bonchev–Trinajstić information content (AvgIpc) is 2.80. The smallest absolute Gasteiger partial charge is 0.0382 e. The van der Waals surface area contributed by atoms with Crippen LogP contribution in [0.1, 0.15) is 30.4 Å². The van der Waals surface area contributed by atoms with Crippen molar-refractivity contribution in [2.45, 2.75) is 25.3 Å². The van der Waals surface area contributed by atoms with Crippen LogP contribution >= 0.6 is 0 Å². The van der Waals surface area contributed by atoms with Crippen LogP contribution in [0.5, 0.6) is 0 Å². The van der Waals surface area contributed by atoms with Gasteiger partial charge in [-0.05, 0) is 42.2 Å². The van der Waals surface area contributed by atoms with E-state index in [0.29, 0.717) is 17.9 Å². The molecule has 0 saturated carbocycles. The van der Waals surface area contributed by atoms with Gasteiger partial charge in [0.15, 0.2) is 0 Å². The molecule has 0 aromatic heterocycles. The van der Waals surface area contributed by atoms with E-state index in [1.165, 1.54) is 24.2 Å². The minimum absolute atomic E-state index is 0.658. The molecule has 1 fully saturated rings. The van der Waals surface area contributed by atoms with Gasteiger partial charge in [0.05, 0.1) is 0 Å². The number of anilines is 1. The van der Waals surface area contributed by atoms with E-state index < -0.39 is 0 Å². The fourth-order valence-electron chi connectivity index (χ4n) is 4.11. The van der Waals surface area contributed by atoms with Crippen molar-refractivity contribution in [3.8, 4) is 0 Å². The molecule has 0 spiro atoms. The molecule has 1 aliphatic carbocycles. The molecule has 4 rings (SSSR count). The van der Waals surface area contributed by atoms with Gasteiger partial charge in [-0.1, -0.05) is 25.1 Å². The Labute approximate surface area is 109 Å². The first kappa shape index (κ1) is 10.6. The summed E-state index contributed by atoms with van der Waals surface area (Å²) in [6.07, 6.45) is 3.76. The fourth-order valence-corrected chi connectivity index (χ4v) is 4.11. The first-order valence-corrected chi connectivity index (χ1v) is 7.02. The predicted octanol–water partition coefficient (Wildman–Crippen LogP) is 2.93. The topological polar surface area (TPSA) is 15.3 Å². The van der Waals surface area contributed by atoms with Crippen LogP contribution in [0, 0.1) is 5.92 Å². The molecule has 1 aromatic rings. The highest BCUT2D eigenvalue weighted by Gasteiger charge is 2.38. The maximum atomic E-state index is 3.57. The molecule has 2 heterocycles. The van der Waals surface area contributed by atoms with Crippen LogP contribution < -0.4 is 5.32 Å². The van der Waals surface area contributed by atoms with Crippen molar-refractivity contribution in [1.29, 1.82) is 0 Å². The number of likely N-dealkylation sites (tertiary alicyclic amines) is 1. The third kappa shape index (κ3) is 1.33. The third-order valence-corrected chi connectivity index (χ3v) is 4.96. The average molecular weight is 240 g/mol. The highest BCUT2D eigenvalue weighted by atomic mass is 15.2. The van der Waals surface area contributed by atoms with Crippen LogP contribution in [0.25, 0.3) is 6.08 Å². The van der Waals surface area contributed by atoms with E-state index in [9.17, 15) is 0 Å². The Bertz CT molecular complexity index is 532. The van der Waals surface area contributed by atoms with Gasteiger partial charge in [0.25, 0.3) is 0 Å². The van der Waals surface area contributed by atoms with E-state index in [-0.39, 0.29) is 0 Å². The maximum absolute atomic E-state index is 3.57. The van der Waals surface area contributed by atoms with Crippen molar-refractivity contribution in [2.75, 3.05) is 25.5 Å². The lowest BCUT2D eigenvalue weighted by Crippen LogP contribution is -2.27. The van der Waals surface area contributed by atoms with E-state index in [1.807, 2.05) is 0 Å². The highest BCUT2D eigenvalue weighted by molar-refractivity contribution is 5.71. The highest BCUT2D eigenvalue weighted by Crippen LogP contribution is 2.45. The molecular formula is C16H20N2. The minimum atomic E-state index is 0.658. The standard InChI is InChI=1S/C16H20N2/c1-10-9-18(2)15-7-12-8-17-14-5-3-4-11(16(12)14)6-13(10)15/h3-6,10,12,15,17H,7-9H2,1-2H3/t10-,12-,15+/m0/s1. The van der Waals surface area contributed by atoms with Gasteiger partial charge in [-0.2, -0.15) is 0 Å². The van der Waals surface area contributed by atoms with Crippen molar-refractivity contribution >= 4 is 11.8 Å². The van der Waals surface area contributed by atoms with Gasteiger partial charge >= 0.3 is 0 Å². The van der Waals surface area contributed by atoms with Crippen molar-refractivity contribution < 1.29 is 0 Å². The molecule has 1 saturated heterocycles. The Morgan fingerprint density at radius 2 is 2.22 bits per heavy atom. The van der Waals surface area contributed by atoms with Crippen molar-refractivity contribution in [1.82, 2.24) is 4.90 Å². The largest absolute Gasteiger partial charge is 0.384 e. The van der Waals surface area contributed by atoms with Gasteiger partial charge in [-0.3, -0.25) is 4.90 Å². The Balaban J connectivity index is 1.89. The summed E-state index contributed by atoms with van der Waals surface area (Å²) >= 11 is 0. The normalized spacial score (nSPS) is 33.4. The monoisotopic (exact) mass is 240 g/mol. The number of hydrogen-bond acceptors (Lipinski definition) is 2. The SMILES string of the molecule is C[C@H]1CN(C)[C@@H]2C[C@H]3CNc4cccc(c43)C=C21. The molecular weight excluding hydrogens is 220 g/mol. The van der Waals surface area contributed by atoms with Crippen LogP contribution in [0.4, 0.5) is 5.69 Å². The summed E-state index contributed by atoms with van der Waals surface area (Å²) in [7, 11) is 2.28. The molecule has 2 heteroatoms. The van der Waals surface area contributed by atoms with Gasteiger partial charge < -0.3 is 5.32 Å². The summed E-state index contributed by atoms with van der Waals surface area (Å²) in [4.78, 5) is 2.54. The lowest BCUT2D eigenvalue weighted by atomic mass is 9.92. The van der Waals surface area contributed by atoms with Crippen LogP contribution in [0.2, 0.25) is 0 Å². The Morgan fingerprint density at radius 3 is 3.11 bits per heavy atom. The minimum Gasteiger partial charge on any atom is -0.384 e. The van der Waals surface area contributed by atoms with Crippen molar-refractivity contribution in [3.05, 3.63) is 34.9 Å². The zero-order valence-electron chi connectivity index (χ0n) is 11.1. The Hall–Kier alpha value is -1.28. The zero-order valence-corrected chi connectivity index (χ0v) is 11.1. The van der Waals surface area contributed by atoms with E-state index >= 15 is 0 Å². The molecule has 94 valence electrons. The molecule has 2 aliphatic heterocycles. The fraction of sp³-hybridized carbons (Fsp3) is 0.500. The lowest BCUT2D eigenvalue weighted by Gasteiger charge is -2.22. The summed E-state index contributed by atoms with van der Waals surface area (Å²) in [5.41, 5.74) is 6.05. The number of likely N-dealkylation sites (N-methyl/N-ethyl adjacent to an activating group) is 1. The van der Waals surface area contributed by atoms with Gasteiger partial charge in [-0.25, -0.2) is 0 Å². The van der Waals surface area contributed by atoms with Crippen LogP contribution in [-0.2, 0) is 0 Å². The third-order valence-electron chi connectivity index (χ3n) is 4.96. The number of rotatable bonds is 0. The van der Waals surface area contributed by atoms with Crippen LogP contribution in [-0.4, -0.2) is 31.1 Å². The van der Waals surface area contributed by atoms with E-state index in [2.05, 4.69) is 48.5 Å². The molecule has 18 heavy (non-hydrogen) atoms. The van der Waals surface area contributed by atoms with E-state index in [1.54, 1.807) is 11.1 Å². The number of benzene rings is 1. The van der Waals surface area contributed by atoms with Crippen LogP contribution in [0.3, 0.4) is 0 Å². The Kier molecular flexibility index (Phi) is 2.13. The number of fused-ring (bicyclic) bond motifs is 1. The second kappa shape index (κ2) is 3.61. The first-order valence-electron chi connectivity index (χ1n) is 7.02. The summed E-state index contributed by atoms with van der Waals surface area (Å²) in [5, 5.41) is 3.57. The molecule has 0 bridgehead atoms. The van der Waals surface area contributed by atoms with Crippen molar-refractivity contribution in [3.63, 3.8) is 0 Å². The van der Waals surface area contributed by atoms with Crippen molar-refractivity contribution in [2.24, 2.45) is 5.92 Å². The molecule has 3 aliphatic rings. The summed E-state index contributed by atoms with van der Waals surface area (Å²) in [6.45, 7) is 4.70.